The van der Waals surface area contributed by atoms with Crippen LogP contribution in [0.25, 0.3) is 11.0 Å². The van der Waals surface area contributed by atoms with Crippen LogP contribution >= 0.6 is 45.2 Å². The second kappa shape index (κ2) is 12.2. The van der Waals surface area contributed by atoms with Crippen LogP contribution in [0.3, 0.4) is 0 Å². The summed E-state index contributed by atoms with van der Waals surface area (Å²) in [5.74, 6) is 0.484. The van der Waals surface area contributed by atoms with Gasteiger partial charge in [0.2, 0.25) is 0 Å². The molecule has 176 valence electrons. The molecule has 3 aromatic rings. The van der Waals surface area contributed by atoms with Crippen molar-refractivity contribution in [1.29, 1.82) is 0 Å². The van der Waals surface area contributed by atoms with Gasteiger partial charge in [-0.25, -0.2) is 0 Å². The van der Waals surface area contributed by atoms with Crippen molar-refractivity contribution >= 4 is 67.9 Å². The number of nitrogens with one attached hydrogen (secondary N) is 1. The monoisotopic (exact) mass is 675 g/mol. The van der Waals surface area contributed by atoms with Crippen molar-refractivity contribution in [1.82, 2.24) is 5.32 Å². The molecule has 2 aromatic carbocycles. The van der Waals surface area contributed by atoms with Gasteiger partial charge in [-0.2, -0.15) is 0 Å². The Bertz CT molecular complexity index is 1120. The lowest BCUT2D eigenvalue weighted by Gasteiger charge is -2.13. The van der Waals surface area contributed by atoms with E-state index in [4.69, 9.17) is 13.9 Å². The van der Waals surface area contributed by atoms with E-state index in [1.165, 1.54) is 0 Å². The van der Waals surface area contributed by atoms with E-state index in [1.54, 1.807) is 6.07 Å². The summed E-state index contributed by atoms with van der Waals surface area (Å²) in [6.07, 6.45) is 0.432. The number of carbonyl (C=O) groups excluding carboxylic acids is 2. The summed E-state index contributed by atoms with van der Waals surface area (Å²) in [5.41, 5.74) is 1.49. The Kier molecular flexibility index (Phi) is 9.57. The summed E-state index contributed by atoms with van der Waals surface area (Å²) < 4.78 is 19.0. The van der Waals surface area contributed by atoms with Crippen LogP contribution < -0.4 is 10.1 Å². The zero-order valence-corrected chi connectivity index (χ0v) is 23.2. The van der Waals surface area contributed by atoms with Crippen molar-refractivity contribution in [3.8, 4) is 5.75 Å². The number of rotatable bonds is 11. The lowest BCUT2D eigenvalue weighted by Crippen LogP contribution is -2.20. The minimum atomic E-state index is -0.411. The van der Waals surface area contributed by atoms with Gasteiger partial charge in [-0.05, 0) is 83.3 Å². The number of esters is 1. The number of benzene rings is 2. The van der Waals surface area contributed by atoms with Crippen molar-refractivity contribution in [2.45, 2.75) is 39.7 Å². The molecule has 0 saturated carbocycles. The SMILES string of the molecule is CCNCCOc1c(I)cc(C(=O)c2c(CC(=O)OC(C)CC)oc3ccccc23)cc1I. The first-order valence-corrected chi connectivity index (χ1v) is 13.1. The molecule has 1 atom stereocenters. The van der Waals surface area contributed by atoms with E-state index >= 15 is 0 Å². The first kappa shape index (κ1) is 26.0. The van der Waals surface area contributed by atoms with Crippen LogP contribution in [-0.2, 0) is 16.0 Å². The highest BCUT2D eigenvalue weighted by Crippen LogP contribution is 2.33. The normalized spacial score (nSPS) is 12.0. The third-order valence-corrected chi connectivity index (χ3v) is 6.75. The standard InChI is InChI=1S/C25H27I2NO5/c1-4-15(3)32-22(29)14-21-23(17-8-6-7-9-20(17)33-21)24(30)16-12-18(26)25(19(27)13-16)31-11-10-28-5-2/h6-9,12-13,15,28H,4-5,10-11,14H2,1-3H3. The van der Waals surface area contributed by atoms with Crippen LogP contribution in [0.15, 0.2) is 40.8 Å². The summed E-state index contributed by atoms with van der Waals surface area (Å²) in [6.45, 7) is 8.02. The molecule has 0 radical (unpaired) electrons. The van der Waals surface area contributed by atoms with Crippen molar-refractivity contribution in [3.05, 3.63) is 60.4 Å². The number of likely N-dealkylation sites (N-methyl/N-ethyl adjacent to an activating group) is 1. The van der Waals surface area contributed by atoms with Crippen LogP contribution in [0.1, 0.15) is 48.9 Å². The maximum atomic E-state index is 13.6. The molecule has 0 aliphatic rings. The van der Waals surface area contributed by atoms with Gasteiger partial charge in [0.25, 0.3) is 0 Å². The number of halogens is 2. The topological polar surface area (TPSA) is 77.8 Å². The van der Waals surface area contributed by atoms with Gasteiger partial charge < -0.3 is 19.2 Å². The van der Waals surface area contributed by atoms with Gasteiger partial charge in [0, 0.05) is 17.5 Å². The third kappa shape index (κ3) is 6.48. The van der Waals surface area contributed by atoms with Gasteiger partial charge >= 0.3 is 5.97 Å². The maximum absolute atomic E-state index is 13.6. The molecule has 0 saturated heterocycles. The summed E-state index contributed by atoms with van der Waals surface area (Å²) in [4.78, 5) is 26.1. The molecule has 1 heterocycles. The van der Waals surface area contributed by atoms with E-state index in [9.17, 15) is 9.59 Å². The summed E-state index contributed by atoms with van der Waals surface area (Å²) in [6, 6.07) is 11.0. The zero-order chi connectivity index (χ0) is 24.0. The lowest BCUT2D eigenvalue weighted by molar-refractivity contribution is -0.147. The number of ether oxygens (including phenoxy) is 2. The van der Waals surface area contributed by atoms with E-state index in [1.807, 2.05) is 51.1 Å². The third-order valence-electron chi connectivity index (χ3n) is 5.14. The van der Waals surface area contributed by atoms with Gasteiger partial charge in [0.05, 0.1) is 18.8 Å². The van der Waals surface area contributed by atoms with Crippen LogP contribution in [-0.4, -0.2) is 37.6 Å². The molecule has 0 aliphatic carbocycles. The van der Waals surface area contributed by atoms with Crippen molar-refractivity contribution < 1.29 is 23.5 Å². The second-order valence-electron chi connectivity index (χ2n) is 7.58. The van der Waals surface area contributed by atoms with Gasteiger partial charge in [-0.1, -0.05) is 32.0 Å². The number of hydrogen-bond donors (Lipinski definition) is 1. The number of hydrogen-bond acceptors (Lipinski definition) is 6. The highest BCUT2D eigenvalue weighted by Gasteiger charge is 2.25. The van der Waals surface area contributed by atoms with Crippen LogP contribution in [0.5, 0.6) is 5.75 Å². The number of furan rings is 1. The van der Waals surface area contributed by atoms with E-state index in [-0.39, 0.29) is 18.3 Å². The molecule has 0 amide bonds. The molecule has 0 bridgehead atoms. The predicted molar refractivity (Wildman–Crippen MR) is 145 cm³/mol. The fourth-order valence-corrected chi connectivity index (χ4v) is 5.40. The Morgan fingerprint density at radius 3 is 2.48 bits per heavy atom. The Morgan fingerprint density at radius 2 is 1.82 bits per heavy atom. The molecule has 1 N–H and O–H groups in total. The summed E-state index contributed by atoms with van der Waals surface area (Å²) in [7, 11) is 0. The molecule has 6 nitrogen and oxygen atoms in total. The molecule has 1 unspecified atom stereocenters. The molecule has 3 rings (SSSR count). The fraction of sp³-hybridized carbons (Fsp3) is 0.360. The van der Waals surface area contributed by atoms with E-state index in [0.29, 0.717) is 34.5 Å². The minimum Gasteiger partial charge on any atom is -0.490 e. The molecule has 0 spiro atoms. The van der Waals surface area contributed by atoms with E-state index < -0.39 is 5.97 Å². The van der Waals surface area contributed by atoms with Gasteiger partial charge in [0.15, 0.2) is 5.78 Å². The van der Waals surface area contributed by atoms with Crippen LogP contribution in [0.4, 0.5) is 0 Å². The van der Waals surface area contributed by atoms with Gasteiger partial charge in [-0.15, -0.1) is 0 Å². The average Bonchev–Trinajstić information content (AvgIpc) is 3.14. The highest BCUT2D eigenvalue weighted by atomic mass is 127. The molecule has 0 fully saturated rings. The van der Waals surface area contributed by atoms with Gasteiger partial charge in [0.1, 0.15) is 30.1 Å². The Hall–Kier alpha value is -1.66. The number of fused-ring (bicyclic) bond motifs is 1. The smallest absolute Gasteiger partial charge is 0.313 e. The first-order chi connectivity index (χ1) is 15.8. The number of carbonyl (C=O) groups is 2. The molecule has 33 heavy (non-hydrogen) atoms. The quantitative estimate of drug-likeness (QED) is 0.121. The molecule has 1 aromatic heterocycles. The molecular formula is C25H27I2NO5. The Balaban J connectivity index is 1.93. The van der Waals surface area contributed by atoms with Crippen LogP contribution in [0.2, 0.25) is 0 Å². The Labute approximate surface area is 221 Å². The summed E-state index contributed by atoms with van der Waals surface area (Å²) in [5, 5.41) is 3.91. The average molecular weight is 675 g/mol. The minimum absolute atomic E-state index is 0.0973. The zero-order valence-electron chi connectivity index (χ0n) is 18.9. The molecular weight excluding hydrogens is 648 g/mol. The maximum Gasteiger partial charge on any atom is 0.313 e. The number of ketones is 1. The van der Waals surface area contributed by atoms with Crippen molar-refractivity contribution in [2.24, 2.45) is 0 Å². The van der Waals surface area contributed by atoms with E-state index in [2.05, 4.69) is 50.5 Å². The van der Waals surface area contributed by atoms with Crippen molar-refractivity contribution in [2.75, 3.05) is 19.7 Å². The Morgan fingerprint density at radius 1 is 1.12 bits per heavy atom. The van der Waals surface area contributed by atoms with Crippen LogP contribution in [0, 0.1) is 7.14 Å². The van der Waals surface area contributed by atoms with Crippen molar-refractivity contribution in [3.63, 3.8) is 0 Å². The predicted octanol–water partition coefficient (Wildman–Crippen LogP) is 5.75. The first-order valence-electron chi connectivity index (χ1n) is 10.9. The largest absolute Gasteiger partial charge is 0.490 e. The summed E-state index contributed by atoms with van der Waals surface area (Å²) >= 11 is 4.38. The highest BCUT2D eigenvalue weighted by molar-refractivity contribution is 14.1. The molecule has 0 aliphatic heterocycles. The van der Waals surface area contributed by atoms with Gasteiger partial charge in [-0.3, -0.25) is 9.59 Å². The number of para-hydroxylation sites is 1. The lowest BCUT2D eigenvalue weighted by atomic mass is 9.99. The second-order valence-corrected chi connectivity index (χ2v) is 9.91. The molecule has 8 heteroatoms. The van der Waals surface area contributed by atoms with E-state index in [0.717, 1.165) is 32.4 Å². The fourth-order valence-electron chi connectivity index (χ4n) is 3.33.